The van der Waals surface area contributed by atoms with Crippen molar-refractivity contribution in [3.05, 3.63) is 58.8 Å². The van der Waals surface area contributed by atoms with Gasteiger partial charge in [-0.25, -0.2) is 32.2 Å². The maximum Gasteiger partial charge on any atom is 0.231 e. The fourth-order valence-electron chi connectivity index (χ4n) is 4.56. The van der Waals surface area contributed by atoms with Gasteiger partial charge in [0.15, 0.2) is 0 Å². The van der Waals surface area contributed by atoms with E-state index in [1.165, 1.54) is 6.20 Å². The van der Waals surface area contributed by atoms with Gasteiger partial charge in [0.1, 0.15) is 0 Å². The molecular formula is C25H29ClN8O2S. The first-order valence-corrected chi connectivity index (χ1v) is 13.9. The Balaban J connectivity index is 1.31. The van der Waals surface area contributed by atoms with Crippen molar-refractivity contribution in [3.63, 3.8) is 0 Å². The van der Waals surface area contributed by atoms with Gasteiger partial charge >= 0.3 is 0 Å². The lowest BCUT2D eigenvalue weighted by Crippen LogP contribution is -2.48. The van der Waals surface area contributed by atoms with Crippen LogP contribution in [0.15, 0.2) is 36.8 Å². The summed E-state index contributed by atoms with van der Waals surface area (Å²) in [4.78, 5) is 12.5. The molecule has 0 amide bonds. The van der Waals surface area contributed by atoms with Crippen LogP contribution in [0.3, 0.4) is 0 Å². The molecule has 10 nitrogen and oxygen atoms in total. The number of piperidine rings is 1. The van der Waals surface area contributed by atoms with Gasteiger partial charge in [-0.1, -0.05) is 24.6 Å². The number of hydrogen-bond acceptors (Lipinski definition) is 7. The van der Waals surface area contributed by atoms with Crippen LogP contribution in [0.2, 0.25) is 5.02 Å². The summed E-state index contributed by atoms with van der Waals surface area (Å²) in [5.41, 5.74) is 2.57. The number of rotatable bonds is 8. The van der Waals surface area contributed by atoms with Crippen molar-refractivity contribution in [2.45, 2.75) is 44.0 Å². The number of nitrogens with one attached hydrogen (secondary N) is 2. The molecule has 2 atom stereocenters. The largest absolute Gasteiger partial charge is 0.351 e. The normalized spacial score (nSPS) is 22.0. The van der Waals surface area contributed by atoms with Gasteiger partial charge in [0, 0.05) is 47.7 Å². The molecule has 2 N–H and O–H groups in total. The van der Waals surface area contributed by atoms with Gasteiger partial charge in [0.2, 0.25) is 21.7 Å². The Hall–Kier alpha value is -3.04. The summed E-state index contributed by atoms with van der Waals surface area (Å²) in [6.45, 7) is 8.39. The first-order valence-electron chi connectivity index (χ1n) is 13.5. The van der Waals surface area contributed by atoms with Crippen LogP contribution in [0.25, 0.3) is 21.8 Å². The fourth-order valence-corrected chi connectivity index (χ4v) is 6.81. The predicted octanol–water partition coefficient (Wildman–Crippen LogP) is 3.87. The van der Waals surface area contributed by atoms with Crippen LogP contribution in [-0.4, -0.2) is 63.8 Å². The second kappa shape index (κ2) is 10.4. The van der Waals surface area contributed by atoms with Crippen LogP contribution in [0.5, 0.6) is 0 Å². The molecule has 5 rings (SSSR count). The molecule has 1 aliphatic carbocycles. The monoisotopic (exact) mass is 543 g/mol. The lowest BCUT2D eigenvalue weighted by molar-refractivity contribution is 0.260. The molecule has 0 bridgehead atoms. The van der Waals surface area contributed by atoms with E-state index in [4.69, 9.17) is 22.3 Å². The average molecular weight is 544 g/mol. The van der Waals surface area contributed by atoms with E-state index in [-0.39, 0.29) is 29.4 Å². The van der Waals surface area contributed by atoms with Crippen molar-refractivity contribution in [3.8, 4) is 16.9 Å². The predicted molar refractivity (Wildman–Crippen MR) is 143 cm³/mol. The van der Waals surface area contributed by atoms with Gasteiger partial charge in [-0.2, -0.15) is 5.10 Å². The first kappa shape index (κ1) is 22.0. The molecular weight excluding hydrogens is 512 g/mol. The molecule has 1 saturated carbocycles. The van der Waals surface area contributed by atoms with Crippen molar-refractivity contribution in [2.75, 3.05) is 25.4 Å². The van der Waals surface area contributed by atoms with Gasteiger partial charge in [0.25, 0.3) is 0 Å². The van der Waals surface area contributed by atoms with E-state index in [1.807, 2.05) is 6.92 Å². The highest BCUT2D eigenvalue weighted by molar-refractivity contribution is 7.90. The molecule has 12 heteroatoms. The van der Waals surface area contributed by atoms with Crippen LogP contribution in [0.4, 0.5) is 11.6 Å². The lowest BCUT2D eigenvalue weighted by Gasteiger charge is -2.36. The third-order valence-corrected chi connectivity index (χ3v) is 9.45. The second-order valence-electron chi connectivity index (χ2n) is 9.47. The molecule has 2 aliphatic rings. The third kappa shape index (κ3) is 5.33. The fraction of sp³-hybridized carbons (Fsp3) is 0.440. The van der Waals surface area contributed by atoms with E-state index < -0.39 is 17.0 Å². The molecule has 0 unspecified atom stereocenters. The Kier molecular flexibility index (Phi) is 6.17. The molecule has 37 heavy (non-hydrogen) atoms. The molecule has 3 aromatic rings. The summed E-state index contributed by atoms with van der Waals surface area (Å²) >= 11 is 6.48. The standard InChI is InChI=1S/C25H29ClN8O2S/c1-16-14-33(37(35,36)19-5-6-19)9-8-21(16)31-25-29-13-22(28-3)24(32-25)18-12-30-34(15-18)23-7-4-17(11-27-2)10-20(23)26/h4,7,10,12-13,15-16,19,21,27H,5-6,8-9,11,14H2,1-2H3,(H,29,31,32)/t16-,21+/m1/s1/i2D3. The van der Waals surface area contributed by atoms with E-state index in [0.29, 0.717) is 53.0 Å². The molecule has 0 radical (unpaired) electrons. The number of hydrogen-bond donors (Lipinski definition) is 2. The Bertz CT molecular complexity index is 1550. The summed E-state index contributed by atoms with van der Waals surface area (Å²) in [6.07, 6.45) is 6.89. The minimum Gasteiger partial charge on any atom is -0.351 e. The van der Waals surface area contributed by atoms with Crippen molar-refractivity contribution in [1.29, 1.82) is 0 Å². The number of nitrogens with zero attached hydrogens (tertiary/aromatic N) is 6. The van der Waals surface area contributed by atoms with Crippen molar-refractivity contribution in [1.82, 2.24) is 29.4 Å². The van der Waals surface area contributed by atoms with Crippen LogP contribution in [0.1, 0.15) is 35.9 Å². The molecule has 3 heterocycles. The number of halogens is 1. The van der Waals surface area contributed by atoms with E-state index in [0.717, 1.165) is 12.8 Å². The number of benzene rings is 1. The molecule has 2 aromatic heterocycles. The Morgan fingerprint density at radius 2 is 2.14 bits per heavy atom. The summed E-state index contributed by atoms with van der Waals surface area (Å²) in [7, 11) is -3.21. The topological polar surface area (TPSA) is 109 Å². The average Bonchev–Trinajstić information content (AvgIpc) is 3.67. The maximum absolute atomic E-state index is 12.7. The maximum atomic E-state index is 12.7. The van der Waals surface area contributed by atoms with Crippen molar-refractivity contribution < 1.29 is 12.5 Å². The van der Waals surface area contributed by atoms with Crippen LogP contribution < -0.4 is 10.6 Å². The van der Waals surface area contributed by atoms with E-state index in [2.05, 4.69) is 30.5 Å². The SMILES string of the molecule is [2H]C([2H])([2H])NCc1ccc(-n2cc(-c3nc(N[C@H]4CCN(S(=O)(=O)C5CC5)C[C@H]4C)ncc3[N+]#[C-])cn2)c(Cl)c1. The zero-order valence-electron chi connectivity index (χ0n) is 23.2. The minimum absolute atomic E-state index is 0.0165. The second-order valence-corrected chi connectivity index (χ2v) is 12.1. The summed E-state index contributed by atoms with van der Waals surface area (Å²) in [6, 6.07) is 5.17. The number of anilines is 1. The van der Waals surface area contributed by atoms with Gasteiger partial charge in [0.05, 0.1) is 34.4 Å². The molecule has 2 fully saturated rings. The Morgan fingerprint density at radius 1 is 1.30 bits per heavy atom. The molecule has 194 valence electrons. The first-order chi connectivity index (χ1) is 18.9. The zero-order valence-corrected chi connectivity index (χ0v) is 21.8. The summed E-state index contributed by atoms with van der Waals surface area (Å²) in [5.74, 6) is 0.410. The van der Waals surface area contributed by atoms with E-state index in [1.54, 1.807) is 39.6 Å². The third-order valence-electron chi connectivity index (χ3n) is 6.79. The molecule has 1 aromatic carbocycles. The zero-order chi connectivity index (χ0) is 28.7. The van der Waals surface area contributed by atoms with Gasteiger partial charge in [-0.3, -0.25) is 0 Å². The smallest absolute Gasteiger partial charge is 0.231 e. The number of sulfonamides is 1. The van der Waals surface area contributed by atoms with Crippen molar-refractivity contribution in [2.24, 2.45) is 5.92 Å². The van der Waals surface area contributed by atoms with Crippen LogP contribution >= 0.6 is 11.6 Å². The van der Waals surface area contributed by atoms with Gasteiger partial charge in [-0.05, 0) is 49.9 Å². The van der Waals surface area contributed by atoms with Gasteiger partial charge in [-0.15, -0.1) is 0 Å². The summed E-state index contributed by atoms with van der Waals surface area (Å²) < 4.78 is 50.3. The van der Waals surface area contributed by atoms with Crippen LogP contribution in [0, 0.1) is 12.5 Å². The quantitative estimate of drug-likeness (QED) is 0.415. The highest BCUT2D eigenvalue weighted by Crippen LogP contribution is 2.34. The highest BCUT2D eigenvalue weighted by atomic mass is 35.5. The van der Waals surface area contributed by atoms with Crippen molar-refractivity contribution >= 4 is 33.3 Å². The van der Waals surface area contributed by atoms with E-state index in [9.17, 15) is 8.42 Å². The number of aromatic nitrogens is 4. The van der Waals surface area contributed by atoms with E-state index >= 15 is 0 Å². The summed E-state index contributed by atoms with van der Waals surface area (Å²) in [5, 5.41) is 10.4. The van der Waals surface area contributed by atoms with Gasteiger partial charge < -0.3 is 10.6 Å². The Morgan fingerprint density at radius 3 is 2.84 bits per heavy atom. The molecule has 1 saturated heterocycles. The molecule has 1 aliphatic heterocycles. The Labute approximate surface area is 226 Å². The minimum atomic E-state index is -3.21. The lowest BCUT2D eigenvalue weighted by atomic mass is 9.95. The highest BCUT2D eigenvalue weighted by Gasteiger charge is 2.42. The van der Waals surface area contributed by atoms with Crippen LogP contribution in [-0.2, 0) is 16.6 Å². The molecule has 0 spiro atoms.